The second kappa shape index (κ2) is 3.66. The van der Waals surface area contributed by atoms with Gasteiger partial charge in [-0.15, -0.1) is 0 Å². The molecule has 0 amide bonds. The van der Waals surface area contributed by atoms with Gasteiger partial charge >= 0.3 is 0 Å². The Kier molecular flexibility index (Phi) is 2.96. The van der Waals surface area contributed by atoms with Crippen LogP contribution in [0.25, 0.3) is 0 Å². The van der Waals surface area contributed by atoms with Crippen molar-refractivity contribution in [2.75, 3.05) is 7.11 Å². The van der Waals surface area contributed by atoms with Crippen LogP contribution in [0.1, 0.15) is 33.6 Å². The van der Waals surface area contributed by atoms with E-state index in [-0.39, 0.29) is 5.41 Å². The third-order valence-corrected chi connectivity index (χ3v) is 3.09. The molecule has 76 valence electrons. The lowest BCUT2D eigenvalue weighted by Crippen LogP contribution is -2.53. The Morgan fingerprint density at radius 1 is 1.62 bits per heavy atom. The van der Waals surface area contributed by atoms with Gasteiger partial charge < -0.3 is 10.5 Å². The summed E-state index contributed by atoms with van der Waals surface area (Å²) in [6.07, 6.45) is 2.18. The molecule has 0 spiro atoms. The third kappa shape index (κ3) is 1.85. The van der Waals surface area contributed by atoms with Crippen molar-refractivity contribution >= 4 is 5.84 Å². The molecule has 0 aliphatic heterocycles. The van der Waals surface area contributed by atoms with Gasteiger partial charge in [0, 0.05) is 18.9 Å². The van der Waals surface area contributed by atoms with Crippen molar-refractivity contribution < 1.29 is 4.74 Å². The Balaban J connectivity index is 2.58. The Labute approximate surface area is 80.4 Å². The zero-order valence-electron chi connectivity index (χ0n) is 9.00. The summed E-state index contributed by atoms with van der Waals surface area (Å²) in [6, 6.07) is 0.345. The van der Waals surface area contributed by atoms with Crippen molar-refractivity contribution in [1.29, 1.82) is 0 Å². The molecule has 0 aromatic carbocycles. The van der Waals surface area contributed by atoms with E-state index >= 15 is 0 Å². The van der Waals surface area contributed by atoms with Gasteiger partial charge in [-0.3, -0.25) is 4.99 Å². The number of ether oxygens (including phenoxy) is 1. The largest absolute Gasteiger partial charge is 0.387 e. The number of hydrogen-bond acceptors (Lipinski definition) is 2. The van der Waals surface area contributed by atoms with Crippen molar-refractivity contribution in [2.24, 2.45) is 16.1 Å². The molecule has 1 saturated carbocycles. The first-order chi connectivity index (χ1) is 6.02. The van der Waals surface area contributed by atoms with Crippen molar-refractivity contribution in [2.45, 2.75) is 45.8 Å². The van der Waals surface area contributed by atoms with Crippen molar-refractivity contribution in [3.8, 4) is 0 Å². The molecule has 1 aliphatic carbocycles. The molecule has 1 fully saturated rings. The summed E-state index contributed by atoms with van der Waals surface area (Å²) in [5.41, 5.74) is 5.85. The number of nitrogens with two attached hydrogens (primary N) is 1. The summed E-state index contributed by atoms with van der Waals surface area (Å²) in [4.78, 5) is 4.47. The van der Waals surface area contributed by atoms with E-state index in [4.69, 9.17) is 10.5 Å². The van der Waals surface area contributed by atoms with Crippen LogP contribution in [0, 0.1) is 5.41 Å². The predicted octanol–water partition coefficient (Wildman–Crippen LogP) is 1.57. The minimum absolute atomic E-state index is 0.147. The minimum atomic E-state index is 0.147. The number of methoxy groups -OCH3 is 1. The lowest BCUT2D eigenvalue weighted by Gasteiger charge is -2.49. The second-order valence-corrected chi connectivity index (χ2v) is 4.27. The van der Waals surface area contributed by atoms with E-state index in [1.165, 1.54) is 0 Å². The van der Waals surface area contributed by atoms with E-state index in [2.05, 4.69) is 18.8 Å². The first-order valence-electron chi connectivity index (χ1n) is 4.87. The smallest absolute Gasteiger partial charge is 0.0937 e. The maximum Gasteiger partial charge on any atom is 0.0937 e. The molecule has 3 nitrogen and oxygen atoms in total. The van der Waals surface area contributed by atoms with Gasteiger partial charge in [0.1, 0.15) is 0 Å². The molecular weight excluding hydrogens is 164 g/mol. The van der Waals surface area contributed by atoms with Crippen LogP contribution in [0.15, 0.2) is 4.99 Å². The quantitative estimate of drug-likeness (QED) is 0.534. The molecule has 0 aromatic rings. The first kappa shape index (κ1) is 10.5. The number of amidine groups is 1. The SMILES string of the molecule is CCC(N)=NC1CC(OC)C1(C)C. The molecule has 2 N–H and O–H groups in total. The predicted molar refractivity (Wildman–Crippen MR) is 54.9 cm³/mol. The Bertz CT molecular complexity index is 211. The average Bonchev–Trinajstić information content (AvgIpc) is 2.10. The fourth-order valence-corrected chi connectivity index (χ4v) is 1.77. The summed E-state index contributed by atoms with van der Waals surface area (Å²) in [7, 11) is 1.76. The number of hydrogen-bond donors (Lipinski definition) is 1. The fraction of sp³-hybridized carbons (Fsp3) is 0.900. The van der Waals surface area contributed by atoms with Crippen molar-refractivity contribution in [3.63, 3.8) is 0 Å². The molecule has 0 saturated heterocycles. The number of aliphatic imine (C=N–C) groups is 1. The fourth-order valence-electron chi connectivity index (χ4n) is 1.77. The lowest BCUT2D eigenvalue weighted by molar-refractivity contribution is -0.0850. The normalized spacial score (nSPS) is 32.8. The molecule has 0 bridgehead atoms. The van der Waals surface area contributed by atoms with Crippen molar-refractivity contribution in [1.82, 2.24) is 0 Å². The average molecular weight is 184 g/mol. The summed E-state index contributed by atoms with van der Waals surface area (Å²) in [5.74, 6) is 0.757. The molecule has 2 atom stereocenters. The third-order valence-electron chi connectivity index (χ3n) is 3.09. The van der Waals surface area contributed by atoms with E-state index in [1.54, 1.807) is 7.11 Å². The molecule has 1 aliphatic rings. The van der Waals surface area contributed by atoms with Gasteiger partial charge in [-0.1, -0.05) is 20.8 Å². The minimum Gasteiger partial charge on any atom is -0.387 e. The summed E-state index contributed by atoms with van der Waals surface area (Å²) in [6.45, 7) is 6.39. The Morgan fingerprint density at radius 2 is 2.23 bits per heavy atom. The number of nitrogens with zero attached hydrogens (tertiary/aromatic N) is 1. The molecule has 3 heteroatoms. The van der Waals surface area contributed by atoms with Gasteiger partial charge in [-0.05, 0) is 6.42 Å². The molecule has 13 heavy (non-hydrogen) atoms. The van der Waals surface area contributed by atoms with Crippen LogP contribution in [0.3, 0.4) is 0 Å². The van der Waals surface area contributed by atoms with Crippen LogP contribution < -0.4 is 5.73 Å². The van der Waals surface area contributed by atoms with Gasteiger partial charge in [-0.25, -0.2) is 0 Å². The zero-order chi connectivity index (χ0) is 10.1. The maximum atomic E-state index is 5.70. The van der Waals surface area contributed by atoms with Crippen LogP contribution in [0.5, 0.6) is 0 Å². The first-order valence-corrected chi connectivity index (χ1v) is 4.87. The van der Waals surface area contributed by atoms with E-state index in [0.29, 0.717) is 12.1 Å². The highest BCUT2D eigenvalue weighted by Crippen LogP contribution is 2.44. The van der Waals surface area contributed by atoms with Crippen molar-refractivity contribution in [3.05, 3.63) is 0 Å². The number of rotatable bonds is 3. The summed E-state index contributed by atoms with van der Waals surface area (Å²) >= 11 is 0. The maximum absolute atomic E-state index is 5.70. The molecule has 0 aromatic heterocycles. The molecule has 2 unspecified atom stereocenters. The van der Waals surface area contributed by atoms with Crippen LogP contribution >= 0.6 is 0 Å². The highest BCUT2D eigenvalue weighted by Gasteiger charge is 2.48. The zero-order valence-corrected chi connectivity index (χ0v) is 9.00. The van der Waals surface area contributed by atoms with Gasteiger partial charge in [0.15, 0.2) is 0 Å². The van der Waals surface area contributed by atoms with Crippen LogP contribution in [0.4, 0.5) is 0 Å². The molecule has 1 rings (SSSR count). The Morgan fingerprint density at radius 3 is 2.62 bits per heavy atom. The topological polar surface area (TPSA) is 47.6 Å². The monoisotopic (exact) mass is 184 g/mol. The molecule has 0 heterocycles. The van der Waals surface area contributed by atoms with Gasteiger partial charge in [0.05, 0.1) is 18.0 Å². The highest BCUT2D eigenvalue weighted by atomic mass is 16.5. The van der Waals surface area contributed by atoms with E-state index in [1.807, 2.05) is 6.92 Å². The van der Waals surface area contributed by atoms with Crippen LogP contribution in [-0.2, 0) is 4.74 Å². The summed E-state index contributed by atoms with van der Waals surface area (Å²) in [5, 5.41) is 0. The molecular formula is C10H20N2O. The van der Waals surface area contributed by atoms with E-state index in [9.17, 15) is 0 Å². The van der Waals surface area contributed by atoms with Gasteiger partial charge in [0.25, 0.3) is 0 Å². The standard InChI is InChI=1S/C10H20N2O/c1-5-9(11)12-7-6-8(13-4)10(7,2)3/h7-8H,5-6H2,1-4H3,(H2,11,12). The van der Waals surface area contributed by atoms with E-state index in [0.717, 1.165) is 18.7 Å². The molecule has 0 radical (unpaired) electrons. The lowest BCUT2D eigenvalue weighted by atomic mass is 9.65. The van der Waals surface area contributed by atoms with Gasteiger partial charge in [0.2, 0.25) is 0 Å². The Hall–Kier alpha value is -0.570. The van der Waals surface area contributed by atoms with Crippen LogP contribution in [0.2, 0.25) is 0 Å². The van der Waals surface area contributed by atoms with E-state index < -0.39 is 0 Å². The van der Waals surface area contributed by atoms with Crippen LogP contribution in [-0.4, -0.2) is 25.1 Å². The summed E-state index contributed by atoms with van der Waals surface area (Å²) < 4.78 is 5.34. The highest BCUT2D eigenvalue weighted by molar-refractivity contribution is 5.80. The van der Waals surface area contributed by atoms with Gasteiger partial charge in [-0.2, -0.15) is 0 Å². The second-order valence-electron chi connectivity index (χ2n) is 4.27.